The van der Waals surface area contributed by atoms with Crippen LogP contribution in [0.3, 0.4) is 0 Å². The van der Waals surface area contributed by atoms with E-state index in [4.69, 9.17) is 16.0 Å². The third-order valence-corrected chi connectivity index (χ3v) is 3.00. The average Bonchev–Trinajstić information content (AvgIpc) is 2.68. The summed E-state index contributed by atoms with van der Waals surface area (Å²) in [5, 5.41) is 10.7. The van der Waals surface area contributed by atoms with Crippen molar-refractivity contribution in [2.75, 3.05) is 0 Å². The summed E-state index contributed by atoms with van der Waals surface area (Å²) in [5.41, 5.74) is 1.76. The second kappa shape index (κ2) is 4.73. The number of hydrogen-bond acceptors (Lipinski definition) is 2. The lowest BCUT2D eigenvalue weighted by molar-refractivity contribution is 0.176. The Balaban J connectivity index is 2.17. The number of hydrogen-bond donors (Lipinski definition) is 1. The quantitative estimate of drug-likeness (QED) is 0.885. The summed E-state index contributed by atoms with van der Waals surface area (Å²) in [7, 11) is 0. The van der Waals surface area contributed by atoms with Crippen LogP contribution in [0.5, 0.6) is 0 Å². The molecule has 0 amide bonds. The van der Waals surface area contributed by atoms with Crippen LogP contribution in [0.15, 0.2) is 41.0 Å². The first-order chi connectivity index (χ1) is 7.68. The Labute approximate surface area is 99.5 Å². The van der Waals surface area contributed by atoms with E-state index in [1.54, 1.807) is 12.3 Å². The highest BCUT2D eigenvalue weighted by atomic mass is 35.5. The van der Waals surface area contributed by atoms with Gasteiger partial charge in [-0.1, -0.05) is 29.8 Å². The topological polar surface area (TPSA) is 33.4 Å². The molecule has 0 radical (unpaired) electrons. The molecule has 1 aromatic carbocycles. The summed E-state index contributed by atoms with van der Waals surface area (Å²) < 4.78 is 5.16. The number of aliphatic hydroxyl groups is 1. The molecule has 16 heavy (non-hydrogen) atoms. The summed E-state index contributed by atoms with van der Waals surface area (Å²) in [6.45, 7) is 1.84. The minimum Gasteiger partial charge on any atom is -0.469 e. The summed E-state index contributed by atoms with van der Waals surface area (Å²) >= 11 is 6.03. The van der Waals surface area contributed by atoms with Gasteiger partial charge >= 0.3 is 0 Å². The first kappa shape index (κ1) is 11.2. The number of aliphatic hydroxyl groups excluding tert-OH is 1. The van der Waals surface area contributed by atoms with Gasteiger partial charge in [0.1, 0.15) is 5.76 Å². The lowest BCUT2D eigenvalue weighted by Gasteiger charge is -2.10. The molecule has 84 valence electrons. The molecule has 0 aliphatic rings. The molecule has 1 unspecified atom stereocenters. The first-order valence-corrected chi connectivity index (χ1v) is 5.51. The van der Waals surface area contributed by atoms with E-state index in [1.807, 2.05) is 31.2 Å². The van der Waals surface area contributed by atoms with Crippen LogP contribution in [0.1, 0.15) is 23.0 Å². The minimum atomic E-state index is -0.571. The minimum absolute atomic E-state index is 0.500. The molecule has 0 fully saturated rings. The van der Waals surface area contributed by atoms with Crippen molar-refractivity contribution in [2.24, 2.45) is 0 Å². The Hall–Kier alpha value is -1.25. The van der Waals surface area contributed by atoms with E-state index in [0.29, 0.717) is 11.4 Å². The number of rotatable bonds is 3. The fraction of sp³-hybridized carbons (Fsp3) is 0.231. The first-order valence-electron chi connectivity index (χ1n) is 5.14. The highest BCUT2D eigenvalue weighted by Gasteiger charge is 2.14. The predicted molar refractivity (Wildman–Crippen MR) is 63.6 cm³/mol. The van der Waals surface area contributed by atoms with E-state index < -0.39 is 6.10 Å². The maximum Gasteiger partial charge on any atom is 0.106 e. The van der Waals surface area contributed by atoms with Crippen LogP contribution in [0, 0.1) is 6.92 Å². The average molecular weight is 237 g/mol. The van der Waals surface area contributed by atoms with Crippen LogP contribution >= 0.6 is 11.6 Å². The Morgan fingerprint density at radius 3 is 2.69 bits per heavy atom. The van der Waals surface area contributed by atoms with E-state index in [-0.39, 0.29) is 0 Å². The van der Waals surface area contributed by atoms with Crippen LogP contribution in [0.25, 0.3) is 0 Å². The monoisotopic (exact) mass is 236 g/mol. The van der Waals surface area contributed by atoms with E-state index in [2.05, 4.69) is 0 Å². The van der Waals surface area contributed by atoms with Crippen LogP contribution in [-0.2, 0) is 6.42 Å². The van der Waals surface area contributed by atoms with Gasteiger partial charge in [0.25, 0.3) is 0 Å². The van der Waals surface area contributed by atoms with E-state index in [1.165, 1.54) is 0 Å². The third kappa shape index (κ3) is 2.29. The molecule has 0 spiro atoms. The SMILES string of the molecule is Cc1occc1C(O)Cc1ccccc1Cl. The second-order valence-corrected chi connectivity index (χ2v) is 4.15. The molecule has 2 aromatic rings. The molecule has 1 aromatic heterocycles. The van der Waals surface area contributed by atoms with Gasteiger partial charge in [0.05, 0.1) is 12.4 Å². The van der Waals surface area contributed by atoms with Gasteiger partial charge in [-0.3, -0.25) is 0 Å². The predicted octanol–water partition coefficient (Wildman–Crippen LogP) is 3.52. The van der Waals surface area contributed by atoms with Crippen molar-refractivity contribution < 1.29 is 9.52 Å². The van der Waals surface area contributed by atoms with Gasteiger partial charge in [-0.05, 0) is 24.6 Å². The van der Waals surface area contributed by atoms with E-state index in [9.17, 15) is 5.11 Å². The molecule has 0 aliphatic carbocycles. The molecule has 2 nitrogen and oxygen atoms in total. The Morgan fingerprint density at radius 2 is 2.06 bits per heavy atom. The molecule has 0 saturated carbocycles. The number of furan rings is 1. The van der Waals surface area contributed by atoms with Crippen LogP contribution < -0.4 is 0 Å². The number of aryl methyl sites for hydroxylation is 1. The van der Waals surface area contributed by atoms with Gasteiger partial charge in [-0.25, -0.2) is 0 Å². The molecule has 0 bridgehead atoms. The summed E-state index contributed by atoms with van der Waals surface area (Å²) in [5.74, 6) is 0.750. The van der Waals surface area contributed by atoms with Crippen molar-refractivity contribution in [1.82, 2.24) is 0 Å². The van der Waals surface area contributed by atoms with E-state index in [0.717, 1.165) is 16.9 Å². The standard InChI is InChI=1S/C13H13ClO2/c1-9-11(6-7-16-9)13(15)8-10-4-2-3-5-12(10)14/h2-7,13,15H,8H2,1H3. The summed E-state index contributed by atoms with van der Waals surface area (Å²) in [4.78, 5) is 0. The smallest absolute Gasteiger partial charge is 0.106 e. The van der Waals surface area contributed by atoms with Crippen molar-refractivity contribution in [3.63, 3.8) is 0 Å². The van der Waals surface area contributed by atoms with Crippen LogP contribution in [0.2, 0.25) is 5.02 Å². The third-order valence-electron chi connectivity index (χ3n) is 2.63. The molecule has 0 aliphatic heterocycles. The van der Waals surface area contributed by atoms with Gasteiger partial charge in [0.2, 0.25) is 0 Å². The molecule has 1 N–H and O–H groups in total. The van der Waals surface area contributed by atoms with Gasteiger partial charge in [0.15, 0.2) is 0 Å². The van der Waals surface area contributed by atoms with Crippen molar-refractivity contribution in [2.45, 2.75) is 19.4 Å². The van der Waals surface area contributed by atoms with Crippen molar-refractivity contribution in [3.05, 3.63) is 58.5 Å². The zero-order valence-electron chi connectivity index (χ0n) is 8.98. The molecule has 0 saturated heterocycles. The molecular formula is C13H13ClO2. The van der Waals surface area contributed by atoms with Gasteiger partial charge < -0.3 is 9.52 Å². The lowest BCUT2D eigenvalue weighted by Crippen LogP contribution is -2.02. The molecule has 1 atom stereocenters. The summed E-state index contributed by atoms with van der Waals surface area (Å²) in [6.07, 6.45) is 1.51. The number of halogens is 1. The molecular weight excluding hydrogens is 224 g/mol. The normalized spacial score (nSPS) is 12.7. The maximum absolute atomic E-state index is 10.0. The van der Waals surface area contributed by atoms with Crippen molar-refractivity contribution >= 4 is 11.6 Å². The lowest BCUT2D eigenvalue weighted by atomic mass is 10.0. The number of benzene rings is 1. The largest absolute Gasteiger partial charge is 0.469 e. The second-order valence-electron chi connectivity index (χ2n) is 3.74. The fourth-order valence-corrected chi connectivity index (χ4v) is 1.94. The Kier molecular flexibility index (Phi) is 3.32. The van der Waals surface area contributed by atoms with E-state index >= 15 is 0 Å². The fourth-order valence-electron chi connectivity index (χ4n) is 1.72. The molecule has 2 rings (SSSR count). The van der Waals surface area contributed by atoms with Gasteiger partial charge in [0, 0.05) is 17.0 Å². The van der Waals surface area contributed by atoms with Gasteiger partial charge in [-0.15, -0.1) is 0 Å². The Bertz CT molecular complexity index is 476. The van der Waals surface area contributed by atoms with Crippen molar-refractivity contribution in [3.8, 4) is 0 Å². The highest BCUT2D eigenvalue weighted by molar-refractivity contribution is 6.31. The maximum atomic E-state index is 10.0. The zero-order chi connectivity index (χ0) is 11.5. The summed E-state index contributed by atoms with van der Waals surface area (Å²) in [6, 6.07) is 9.32. The zero-order valence-corrected chi connectivity index (χ0v) is 9.74. The van der Waals surface area contributed by atoms with Crippen LogP contribution in [0.4, 0.5) is 0 Å². The van der Waals surface area contributed by atoms with Crippen molar-refractivity contribution in [1.29, 1.82) is 0 Å². The molecule has 3 heteroatoms. The Morgan fingerprint density at radius 1 is 1.31 bits per heavy atom. The molecule has 1 heterocycles. The van der Waals surface area contributed by atoms with Gasteiger partial charge in [-0.2, -0.15) is 0 Å². The van der Waals surface area contributed by atoms with Crippen LogP contribution in [-0.4, -0.2) is 5.11 Å². The highest BCUT2D eigenvalue weighted by Crippen LogP contribution is 2.25.